The molecule has 0 atom stereocenters. The third kappa shape index (κ3) is 3.64. The quantitative estimate of drug-likeness (QED) is 0.725. The number of aromatic nitrogens is 1. The number of ether oxygens (including phenoxy) is 2. The Kier molecular flexibility index (Phi) is 4.29. The van der Waals surface area contributed by atoms with Crippen molar-refractivity contribution in [2.75, 3.05) is 17.4 Å². The smallest absolute Gasteiger partial charge is 0.256 e. The summed E-state index contributed by atoms with van der Waals surface area (Å²) >= 11 is 0. The van der Waals surface area contributed by atoms with Crippen LogP contribution in [0.3, 0.4) is 0 Å². The fourth-order valence-electron chi connectivity index (χ4n) is 2.51. The predicted octanol–water partition coefficient (Wildman–Crippen LogP) is 4.08. The number of amides is 1. The molecule has 136 valence electrons. The molecule has 4 rings (SSSR count). The molecule has 0 saturated heterocycles. The van der Waals surface area contributed by atoms with Crippen molar-refractivity contribution in [3.63, 3.8) is 0 Å². The lowest BCUT2D eigenvalue weighted by molar-refractivity contribution is 0.102. The van der Waals surface area contributed by atoms with Gasteiger partial charge in [-0.15, -0.1) is 0 Å². The summed E-state index contributed by atoms with van der Waals surface area (Å²) in [6.45, 7) is 0.201. The van der Waals surface area contributed by atoms with Gasteiger partial charge >= 0.3 is 0 Å². The van der Waals surface area contributed by atoms with E-state index in [2.05, 4.69) is 15.6 Å². The molecule has 2 N–H and O–H groups in total. The first kappa shape index (κ1) is 16.8. The van der Waals surface area contributed by atoms with Gasteiger partial charge in [0.05, 0.1) is 11.9 Å². The van der Waals surface area contributed by atoms with Gasteiger partial charge in [-0.3, -0.25) is 4.79 Å². The Morgan fingerprint density at radius 3 is 2.52 bits per heavy atom. The summed E-state index contributed by atoms with van der Waals surface area (Å²) in [5.74, 6) is -1.06. The summed E-state index contributed by atoms with van der Waals surface area (Å²) < 4.78 is 36.8. The lowest BCUT2D eigenvalue weighted by atomic mass is 10.2. The molecule has 0 bridgehead atoms. The fraction of sp³-hybridized carbons (Fsp3) is 0.0526. The average Bonchev–Trinajstić information content (AvgIpc) is 3.13. The Hall–Kier alpha value is -3.68. The van der Waals surface area contributed by atoms with Crippen molar-refractivity contribution in [1.29, 1.82) is 0 Å². The van der Waals surface area contributed by atoms with Crippen LogP contribution in [0.2, 0.25) is 0 Å². The number of pyridine rings is 1. The summed E-state index contributed by atoms with van der Waals surface area (Å²) in [5, 5.41) is 5.68. The average molecular weight is 369 g/mol. The summed E-state index contributed by atoms with van der Waals surface area (Å²) in [6, 6.07) is 11.7. The molecule has 1 aliphatic heterocycles. The Morgan fingerprint density at radius 2 is 1.74 bits per heavy atom. The second kappa shape index (κ2) is 6.91. The Morgan fingerprint density at radius 1 is 0.926 bits per heavy atom. The standard InChI is InChI=1S/C19H13F2N3O3/c20-14-4-1-11(7-15(14)21)19(25)24-18-6-3-13(9-22-18)23-12-2-5-16-17(8-12)27-10-26-16/h1-9,23H,10H2,(H,22,24,25). The van der Waals surface area contributed by atoms with E-state index in [1.54, 1.807) is 24.3 Å². The monoisotopic (exact) mass is 369 g/mol. The zero-order chi connectivity index (χ0) is 18.8. The molecule has 1 aromatic heterocycles. The number of halogens is 2. The van der Waals surface area contributed by atoms with Crippen molar-refractivity contribution in [2.24, 2.45) is 0 Å². The van der Waals surface area contributed by atoms with E-state index < -0.39 is 17.5 Å². The molecule has 1 amide bonds. The van der Waals surface area contributed by atoms with Gasteiger partial charge in [0, 0.05) is 17.3 Å². The molecule has 27 heavy (non-hydrogen) atoms. The first-order chi connectivity index (χ1) is 13.1. The van der Waals surface area contributed by atoms with Crippen LogP contribution in [-0.2, 0) is 0 Å². The number of hydrogen-bond acceptors (Lipinski definition) is 5. The maximum Gasteiger partial charge on any atom is 0.256 e. The topological polar surface area (TPSA) is 72.5 Å². The number of fused-ring (bicyclic) bond motifs is 1. The molecular formula is C19H13F2N3O3. The van der Waals surface area contributed by atoms with Gasteiger partial charge in [0.15, 0.2) is 23.1 Å². The van der Waals surface area contributed by atoms with Gasteiger partial charge < -0.3 is 20.1 Å². The second-order valence-corrected chi connectivity index (χ2v) is 5.71. The van der Waals surface area contributed by atoms with Gasteiger partial charge in [-0.1, -0.05) is 0 Å². The lowest BCUT2D eigenvalue weighted by Crippen LogP contribution is -2.13. The van der Waals surface area contributed by atoms with Crippen LogP contribution in [0, 0.1) is 11.6 Å². The van der Waals surface area contributed by atoms with Crippen molar-refractivity contribution in [3.05, 3.63) is 71.9 Å². The Bertz CT molecular complexity index is 1010. The minimum absolute atomic E-state index is 0.00161. The molecule has 6 nitrogen and oxygen atoms in total. The molecule has 3 aromatic rings. The molecule has 0 aliphatic carbocycles. The highest BCUT2D eigenvalue weighted by atomic mass is 19.2. The van der Waals surface area contributed by atoms with Gasteiger partial charge in [-0.2, -0.15) is 0 Å². The SMILES string of the molecule is O=C(Nc1ccc(Nc2ccc3c(c2)OCO3)cn1)c1ccc(F)c(F)c1. The first-order valence-electron chi connectivity index (χ1n) is 7.97. The van der Waals surface area contributed by atoms with Crippen molar-refractivity contribution in [3.8, 4) is 11.5 Å². The van der Waals surface area contributed by atoms with Crippen LogP contribution < -0.4 is 20.1 Å². The Labute approximate surface area is 152 Å². The molecule has 1 aliphatic rings. The summed E-state index contributed by atoms with van der Waals surface area (Å²) in [7, 11) is 0. The van der Waals surface area contributed by atoms with Crippen molar-refractivity contribution < 1.29 is 23.0 Å². The van der Waals surface area contributed by atoms with Gasteiger partial charge in [0.1, 0.15) is 5.82 Å². The summed E-state index contributed by atoms with van der Waals surface area (Å²) in [5.41, 5.74) is 1.48. The third-order valence-corrected chi connectivity index (χ3v) is 3.85. The van der Waals surface area contributed by atoms with Crippen molar-refractivity contribution in [1.82, 2.24) is 4.98 Å². The highest BCUT2D eigenvalue weighted by Gasteiger charge is 2.13. The van der Waals surface area contributed by atoms with E-state index in [0.717, 1.165) is 17.8 Å². The first-order valence-corrected chi connectivity index (χ1v) is 7.97. The number of nitrogens with one attached hydrogen (secondary N) is 2. The van der Waals surface area contributed by atoms with Gasteiger partial charge in [0.25, 0.3) is 5.91 Å². The number of nitrogens with zero attached hydrogens (tertiary/aromatic N) is 1. The predicted molar refractivity (Wildman–Crippen MR) is 94.4 cm³/mol. The van der Waals surface area contributed by atoms with E-state index in [4.69, 9.17) is 9.47 Å². The van der Waals surface area contributed by atoms with E-state index in [1.807, 2.05) is 6.07 Å². The van der Waals surface area contributed by atoms with Crippen molar-refractivity contribution >= 4 is 23.1 Å². The van der Waals surface area contributed by atoms with E-state index in [9.17, 15) is 13.6 Å². The maximum absolute atomic E-state index is 13.2. The van der Waals surface area contributed by atoms with Crippen LogP contribution >= 0.6 is 0 Å². The fourth-order valence-corrected chi connectivity index (χ4v) is 2.51. The zero-order valence-corrected chi connectivity index (χ0v) is 13.8. The van der Waals surface area contributed by atoms with Crippen LogP contribution in [0.4, 0.5) is 26.0 Å². The number of carbonyl (C=O) groups is 1. The lowest BCUT2D eigenvalue weighted by Gasteiger charge is -2.09. The summed E-state index contributed by atoms with van der Waals surface area (Å²) in [6.07, 6.45) is 1.53. The van der Waals surface area contributed by atoms with Crippen LogP contribution in [-0.4, -0.2) is 17.7 Å². The molecule has 0 saturated carbocycles. The van der Waals surface area contributed by atoms with Crippen LogP contribution in [0.5, 0.6) is 11.5 Å². The van der Waals surface area contributed by atoms with Crippen LogP contribution in [0.15, 0.2) is 54.7 Å². The van der Waals surface area contributed by atoms with Gasteiger partial charge in [0.2, 0.25) is 6.79 Å². The number of benzene rings is 2. The van der Waals surface area contributed by atoms with E-state index >= 15 is 0 Å². The molecule has 8 heteroatoms. The molecule has 0 fully saturated rings. The largest absolute Gasteiger partial charge is 0.454 e. The highest BCUT2D eigenvalue weighted by molar-refractivity contribution is 6.03. The minimum atomic E-state index is -1.08. The molecular weight excluding hydrogens is 356 g/mol. The van der Waals surface area contributed by atoms with E-state index in [1.165, 1.54) is 12.3 Å². The molecule has 0 spiro atoms. The number of anilines is 3. The molecule has 0 unspecified atom stereocenters. The molecule has 0 radical (unpaired) electrons. The second-order valence-electron chi connectivity index (χ2n) is 5.71. The number of rotatable bonds is 4. The van der Waals surface area contributed by atoms with Crippen LogP contribution in [0.1, 0.15) is 10.4 Å². The normalized spacial score (nSPS) is 11.9. The third-order valence-electron chi connectivity index (χ3n) is 3.85. The van der Waals surface area contributed by atoms with Crippen molar-refractivity contribution in [2.45, 2.75) is 0 Å². The maximum atomic E-state index is 13.2. The minimum Gasteiger partial charge on any atom is -0.454 e. The van der Waals surface area contributed by atoms with Crippen LogP contribution in [0.25, 0.3) is 0 Å². The highest BCUT2D eigenvalue weighted by Crippen LogP contribution is 2.35. The summed E-state index contributed by atoms with van der Waals surface area (Å²) in [4.78, 5) is 16.2. The number of carbonyl (C=O) groups excluding carboxylic acids is 1. The van der Waals surface area contributed by atoms with Gasteiger partial charge in [-0.05, 0) is 42.5 Å². The molecule has 2 aromatic carbocycles. The van der Waals surface area contributed by atoms with Gasteiger partial charge in [-0.25, -0.2) is 13.8 Å². The van der Waals surface area contributed by atoms with E-state index in [0.29, 0.717) is 17.2 Å². The zero-order valence-electron chi connectivity index (χ0n) is 13.8. The molecule has 2 heterocycles. The number of hydrogen-bond donors (Lipinski definition) is 2. The Balaban J connectivity index is 1.42. The van der Waals surface area contributed by atoms with E-state index in [-0.39, 0.29) is 18.2 Å².